The minimum absolute atomic E-state index is 0.109. The van der Waals surface area contributed by atoms with Crippen molar-refractivity contribution in [1.82, 2.24) is 0 Å². The van der Waals surface area contributed by atoms with Gasteiger partial charge in [0.15, 0.2) is 0 Å². The molecule has 0 aliphatic carbocycles. The number of hydrogen-bond donors (Lipinski definition) is 2. The van der Waals surface area contributed by atoms with E-state index in [4.69, 9.17) is 4.55 Å². The normalized spacial score (nSPS) is 11.5. The topological polar surface area (TPSA) is 66.4 Å². The summed E-state index contributed by atoms with van der Waals surface area (Å²) in [6.07, 6.45) is 5.82. The van der Waals surface area contributed by atoms with Crippen LogP contribution < -0.4 is 5.32 Å². The molecule has 0 saturated heterocycles. The molecule has 5 heteroatoms. The number of anilines is 1. The molecule has 20 heavy (non-hydrogen) atoms. The van der Waals surface area contributed by atoms with Gasteiger partial charge in [-0.1, -0.05) is 37.8 Å². The molecule has 0 atom stereocenters. The Hall–Kier alpha value is -1.07. The standard InChI is InChI=1S/C15H25NO3S/c1-14-9-8-10-15(13-14)16-11-6-4-2-3-5-7-12-20(17,18)19/h8-10,13,16H,2-7,11-12H2,1H3,(H,17,18,19). The van der Waals surface area contributed by atoms with Crippen LogP contribution in [0.2, 0.25) is 0 Å². The molecule has 0 aromatic heterocycles. The van der Waals surface area contributed by atoms with Gasteiger partial charge in [-0.3, -0.25) is 4.55 Å². The van der Waals surface area contributed by atoms with Gasteiger partial charge < -0.3 is 5.32 Å². The van der Waals surface area contributed by atoms with E-state index in [9.17, 15) is 8.42 Å². The van der Waals surface area contributed by atoms with Gasteiger partial charge >= 0.3 is 0 Å². The van der Waals surface area contributed by atoms with Crippen LogP contribution in [0.3, 0.4) is 0 Å². The fourth-order valence-corrected chi connectivity index (χ4v) is 2.67. The Labute approximate surface area is 122 Å². The van der Waals surface area contributed by atoms with Gasteiger partial charge in [-0.2, -0.15) is 8.42 Å². The number of hydrogen-bond acceptors (Lipinski definition) is 3. The first-order valence-corrected chi connectivity index (χ1v) is 8.84. The molecule has 0 aliphatic heterocycles. The molecule has 0 amide bonds. The van der Waals surface area contributed by atoms with Gasteiger partial charge in [-0.15, -0.1) is 0 Å². The van der Waals surface area contributed by atoms with Crippen molar-refractivity contribution in [3.05, 3.63) is 29.8 Å². The molecule has 0 bridgehead atoms. The molecule has 0 spiro atoms. The molecule has 4 nitrogen and oxygen atoms in total. The van der Waals surface area contributed by atoms with Crippen molar-refractivity contribution < 1.29 is 13.0 Å². The average molecular weight is 299 g/mol. The molecule has 0 radical (unpaired) electrons. The van der Waals surface area contributed by atoms with Crippen molar-refractivity contribution in [2.24, 2.45) is 0 Å². The first-order valence-electron chi connectivity index (χ1n) is 7.23. The predicted molar refractivity (Wildman–Crippen MR) is 83.8 cm³/mol. The number of unbranched alkanes of at least 4 members (excludes halogenated alkanes) is 5. The van der Waals surface area contributed by atoms with Crippen LogP contribution in [0.15, 0.2) is 24.3 Å². The zero-order valence-electron chi connectivity index (χ0n) is 12.1. The highest BCUT2D eigenvalue weighted by Gasteiger charge is 2.02. The third-order valence-electron chi connectivity index (χ3n) is 3.18. The maximum atomic E-state index is 10.5. The van der Waals surface area contributed by atoms with Gasteiger partial charge in [0.2, 0.25) is 0 Å². The molecule has 0 fully saturated rings. The number of benzene rings is 1. The van der Waals surface area contributed by atoms with Gasteiger partial charge in [0.25, 0.3) is 10.1 Å². The first-order chi connectivity index (χ1) is 9.47. The zero-order valence-corrected chi connectivity index (χ0v) is 13.0. The van der Waals surface area contributed by atoms with Gasteiger partial charge in [0.1, 0.15) is 0 Å². The summed E-state index contributed by atoms with van der Waals surface area (Å²) in [4.78, 5) is 0. The molecule has 2 N–H and O–H groups in total. The molecule has 0 unspecified atom stereocenters. The van der Waals surface area contributed by atoms with E-state index in [1.54, 1.807) is 0 Å². The Morgan fingerprint density at radius 3 is 2.35 bits per heavy atom. The Morgan fingerprint density at radius 2 is 1.70 bits per heavy atom. The van der Waals surface area contributed by atoms with Crippen molar-refractivity contribution in [2.75, 3.05) is 17.6 Å². The van der Waals surface area contributed by atoms with Crippen molar-refractivity contribution >= 4 is 15.8 Å². The predicted octanol–water partition coefficient (Wildman–Crippen LogP) is 3.64. The first kappa shape index (κ1) is 17.0. The average Bonchev–Trinajstić information content (AvgIpc) is 2.35. The zero-order chi connectivity index (χ0) is 14.8. The molecule has 0 saturated carbocycles. The van der Waals surface area contributed by atoms with Crippen LogP contribution in [-0.4, -0.2) is 25.3 Å². The van der Waals surface area contributed by atoms with Crippen LogP contribution in [0.25, 0.3) is 0 Å². The Kier molecular flexibility index (Phi) is 7.62. The van der Waals surface area contributed by atoms with E-state index < -0.39 is 10.1 Å². The van der Waals surface area contributed by atoms with E-state index in [2.05, 4.69) is 30.4 Å². The lowest BCUT2D eigenvalue weighted by molar-refractivity contribution is 0.478. The lowest BCUT2D eigenvalue weighted by Crippen LogP contribution is -2.03. The molecular weight excluding hydrogens is 274 g/mol. The monoisotopic (exact) mass is 299 g/mol. The van der Waals surface area contributed by atoms with Crippen LogP contribution in [0, 0.1) is 6.92 Å². The lowest BCUT2D eigenvalue weighted by atomic mass is 10.1. The van der Waals surface area contributed by atoms with Gasteiger partial charge in [-0.25, -0.2) is 0 Å². The SMILES string of the molecule is Cc1cccc(NCCCCCCCCS(=O)(=O)O)c1. The molecular formula is C15H25NO3S. The van der Waals surface area contributed by atoms with Crippen molar-refractivity contribution in [2.45, 2.75) is 45.4 Å². The fraction of sp³-hybridized carbons (Fsp3) is 0.600. The van der Waals surface area contributed by atoms with E-state index >= 15 is 0 Å². The molecule has 1 aromatic rings. The summed E-state index contributed by atoms with van der Waals surface area (Å²) in [7, 11) is -3.77. The van der Waals surface area contributed by atoms with Crippen molar-refractivity contribution in [1.29, 1.82) is 0 Å². The highest BCUT2D eigenvalue weighted by Crippen LogP contribution is 2.10. The Morgan fingerprint density at radius 1 is 1.05 bits per heavy atom. The number of aryl methyl sites for hydroxylation is 1. The highest BCUT2D eigenvalue weighted by atomic mass is 32.2. The second-order valence-corrected chi connectivity index (χ2v) is 6.78. The van der Waals surface area contributed by atoms with Crippen molar-refractivity contribution in [3.63, 3.8) is 0 Å². The smallest absolute Gasteiger partial charge is 0.264 e. The largest absolute Gasteiger partial charge is 0.385 e. The molecule has 0 heterocycles. The van der Waals surface area contributed by atoms with Gasteiger partial charge in [0, 0.05) is 12.2 Å². The summed E-state index contributed by atoms with van der Waals surface area (Å²) in [5, 5.41) is 3.40. The summed E-state index contributed by atoms with van der Waals surface area (Å²) in [6.45, 7) is 3.05. The van der Waals surface area contributed by atoms with Crippen LogP contribution >= 0.6 is 0 Å². The number of rotatable bonds is 10. The summed E-state index contributed by atoms with van der Waals surface area (Å²) < 4.78 is 29.6. The van der Waals surface area contributed by atoms with Crippen LogP contribution in [0.5, 0.6) is 0 Å². The van der Waals surface area contributed by atoms with E-state index in [0.717, 1.165) is 44.3 Å². The second kappa shape index (κ2) is 8.97. The molecule has 1 rings (SSSR count). The summed E-state index contributed by atoms with van der Waals surface area (Å²) in [5.74, 6) is -0.109. The lowest BCUT2D eigenvalue weighted by Gasteiger charge is -2.07. The third-order valence-corrected chi connectivity index (χ3v) is 3.98. The minimum atomic E-state index is -3.77. The summed E-state index contributed by atoms with van der Waals surface area (Å²) >= 11 is 0. The van der Waals surface area contributed by atoms with Gasteiger partial charge in [0.05, 0.1) is 5.75 Å². The van der Waals surface area contributed by atoms with E-state index in [0.29, 0.717) is 6.42 Å². The molecule has 114 valence electrons. The second-order valence-electron chi connectivity index (χ2n) is 5.20. The number of nitrogens with one attached hydrogen (secondary N) is 1. The molecule has 0 aliphatic rings. The summed E-state index contributed by atoms with van der Waals surface area (Å²) in [6, 6.07) is 8.34. The van der Waals surface area contributed by atoms with E-state index in [1.807, 2.05) is 6.07 Å². The maximum Gasteiger partial charge on any atom is 0.264 e. The van der Waals surface area contributed by atoms with Crippen LogP contribution in [-0.2, 0) is 10.1 Å². The quantitative estimate of drug-likeness (QED) is 0.511. The summed E-state index contributed by atoms with van der Waals surface area (Å²) in [5.41, 5.74) is 2.42. The van der Waals surface area contributed by atoms with E-state index in [-0.39, 0.29) is 5.75 Å². The maximum absolute atomic E-state index is 10.5. The van der Waals surface area contributed by atoms with Crippen LogP contribution in [0.1, 0.15) is 44.1 Å². The highest BCUT2D eigenvalue weighted by molar-refractivity contribution is 7.85. The Balaban J connectivity index is 1.95. The fourth-order valence-electron chi connectivity index (χ4n) is 2.10. The molecule has 1 aromatic carbocycles. The van der Waals surface area contributed by atoms with E-state index in [1.165, 1.54) is 5.56 Å². The Bertz CT molecular complexity index is 486. The van der Waals surface area contributed by atoms with Crippen molar-refractivity contribution in [3.8, 4) is 0 Å². The minimum Gasteiger partial charge on any atom is -0.385 e. The van der Waals surface area contributed by atoms with Crippen LogP contribution in [0.4, 0.5) is 5.69 Å². The third kappa shape index (κ3) is 8.93. The van der Waals surface area contributed by atoms with Gasteiger partial charge in [-0.05, 0) is 37.5 Å².